The first-order valence-electron chi connectivity index (χ1n) is 8.33. The molecule has 1 amide bonds. The molecule has 142 valence electrons. The van der Waals surface area contributed by atoms with Crippen molar-refractivity contribution in [3.05, 3.63) is 70.3 Å². The van der Waals surface area contributed by atoms with Crippen LogP contribution in [0, 0.1) is 31.0 Å². The largest absolute Gasteiger partial charge is 0.480 e. The third-order valence-corrected chi connectivity index (χ3v) is 4.33. The topological polar surface area (TPSA) is 79.9 Å². The molecule has 1 N–H and O–H groups in total. The van der Waals surface area contributed by atoms with Gasteiger partial charge in [-0.25, -0.2) is 9.07 Å². The average molecular weight is 399 g/mol. The number of halogens is 2. The lowest BCUT2D eigenvalue weighted by atomic mass is 10.2. The quantitative estimate of drug-likeness (QED) is 0.699. The highest BCUT2D eigenvalue weighted by molar-refractivity contribution is 6.31. The molecule has 2 aromatic carbocycles. The van der Waals surface area contributed by atoms with Crippen LogP contribution < -0.4 is 10.1 Å². The zero-order valence-electron chi connectivity index (χ0n) is 15.2. The predicted molar refractivity (Wildman–Crippen MR) is 103 cm³/mol. The fraction of sp³-hybridized carbons (Fsp3) is 0.150. The second-order valence-electron chi connectivity index (χ2n) is 6.03. The third-order valence-electron chi connectivity index (χ3n) is 4.02. The molecule has 8 heteroatoms. The van der Waals surface area contributed by atoms with Gasteiger partial charge >= 0.3 is 0 Å². The van der Waals surface area contributed by atoms with E-state index in [-0.39, 0.29) is 18.3 Å². The standard InChI is InChI=1S/C20H16ClFN4O2/c1-12-20(28-11-19(27)24-16-6-4-15(22)5-7-16)13(2)26(25-12)17-8-3-14(10-23)18(21)9-17/h3-9H,11H2,1-2H3,(H,24,27). The summed E-state index contributed by atoms with van der Waals surface area (Å²) in [6.45, 7) is 3.35. The zero-order chi connectivity index (χ0) is 20.3. The number of rotatable bonds is 5. The molecule has 1 heterocycles. The number of nitrogens with zero attached hydrogens (tertiary/aromatic N) is 3. The highest BCUT2D eigenvalue weighted by Gasteiger charge is 2.16. The SMILES string of the molecule is Cc1nn(-c2ccc(C#N)c(Cl)c2)c(C)c1OCC(=O)Nc1ccc(F)cc1. The summed E-state index contributed by atoms with van der Waals surface area (Å²) in [7, 11) is 0. The second kappa shape index (κ2) is 8.11. The number of aromatic nitrogens is 2. The number of anilines is 1. The molecule has 3 aromatic rings. The van der Waals surface area contributed by atoms with Crippen molar-refractivity contribution in [2.24, 2.45) is 0 Å². The van der Waals surface area contributed by atoms with Gasteiger partial charge in [-0.3, -0.25) is 4.79 Å². The van der Waals surface area contributed by atoms with Crippen LogP contribution in [-0.2, 0) is 4.79 Å². The Balaban J connectivity index is 1.73. The monoisotopic (exact) mass is 398 g/mol. The molecular weight excluding hydrogens is 383 g/mol. The fourth-order valence-corrected chi connectivity index (χ4v) is 2.90. The van der Waals surface area contributed by atoms with Crippen LogP contribution >= 0.6 is 11.6 Å². The normalized spacial score (nSPS) is 10.4. The van der Waals surface area contributed by atoms with Gasteiger partial charge in [0.05, 0.1) is 22.0 Å². The second-order valence-corrected chi connectivity index (χ2v) is 6.44. The molecule has 0 saturated heterocycles. The maximum Gasteiger partial charge on any atom is 0.262 e. The summed E-state index contributed by atoms with van der Waals surface area (Å²) in [5.74, 6) is -0.273. The van der Waals surface area contributed by atoms with Gasteiger partial charge in [0.2, 0.25) is 0 Å². The smallest absolute Gasteiger partial charge is 0.262 e. The molecule has 0 saturated carbocycles. The number of nitrogens with one attached hydrogen (secondary N) is 1. The number of nitriles is 1. The predicted octanol–water partition coefficient (Wildman–Crippen LogP) is 4.17. The Kier molecular flexibility index (Phi) is 5.62. The minimum absolute atomic E-state index is 0.223. The van der Waals surface area contributed by atoms with E-state index in [0.29, 0.717) is 39.1 Å². The highest BCUT2D eigenvalue weighted by atomic mass is 35.5. The van der Waals surface area contributed by atoms with E-state index in [2.05, 4.69) is 10.4 Å². The fourth-order valence-electron chi connectivity index (χ4n) is 2.68. The summed E-state index contributed by atoms with van der Waals surface area (Å²) < 4.78 is 20.2. The molecule has 0 spiro atoms. The molecule has 0 fully saturated rings. The first-order valence-corrected chi connectivity index (χ1v) is 8.71. The Morgan fingerprint density at radius 3 is 2.64 bits per heavy atom. The van der Waals surface area contributed by atoms with E-state index in [1.54, 1.807) is 36.7 Å². The number of amides is 1. The summed E-state index contributed by atoms with van der Waals surface area (Å²) >= 11 is 6.10. The van der Waals surface area contributed by atoms with Crippen molar-refractivity contribution in [3.63, 3.8) is 0 Å². The molecule has 0 radical (unpaired) electrons. The molecule has 0 bridgehead atoms. The van der Waals surface area contributed by atoms with Gasteiger partial charge < -0.3 is 10.1 Å². The summed E-state index contributed by atoms with van der Waals surface area (Å²) in [4.78, 5) is 12.1. The molecule has 0 unspecified atom stereocenters. The molecular formula is C20H16ClFN4O2. The Hall–Kier alpha value is -3.37. The van der Waals surface area contributed by atoms with Crippen LogP contribution in [0.2, 0.25) is 5.02 Å². The number of hydrogen-bond donors (Lipinski definition) is 1. The third kappa shape index (κ3) is 4.13. The Morgan fingerprint density at radius 2 is 2.00 bits per heavy atom. The van der Waals surface area contributed by atoms with E-state index in [9.17, 15) is 9.18 Å². The van der Waals surface area contributed by atoms with E-state index in [4.69, 9.17) is 21.6 Å². The van der Waals surface area contributed by atoms with Gasteiger partial charge in [-0.1, -0.05) is 11.6 Å². The molecule has 3 rings (SSSR count). The molecule has 0 atom stereocenters. The number of carbonyl (C=O) groups excluding carboxylic acids is 1. The number of ether oxygens (including phenoxy) is 1. The van der Waals surface area contributed by atoms with Gasteiger partial charge in [-0.05, 0) is 56.3 Å². The van der Waals surface area contributed by atoms with Crippen molar-refractivity contribution >= 4 is 23.2 Å². The minimum atomic E-state index is -0.379. The van der Waals surface area contributed by atoms with Crippen molar-refractivity contribution in [3.8, 4) is 17.5 Å². The van der Waals surface area contributed by atoms with E-state index in [1.807, 2.05) is 6.07 Å². The zero-order valence-corrected chi connectivity index (χ0v) is 15.9. The van der Waals surface area contributed by atoms with Crippen LogP contribution in [0.15, 0.2) is 42.5 Å². The van der Waals surface area contributed by atoms with Gasteiger partial charge in [-0.15, -0.1) is 0 Å². The number of benzene rings is 2. The summed E-state index contributed by atoms with van der Waals surface area (Å²) in [6, 6.07) is 12.5. The lowest BCUT2D eigenvalue weighted by Gasteiger charge is -2.09. The number of carbonyl (C=O) groups is 1. The maximum absolute atomic E-state index is 12.9. The molecule has 0 aliphatic heterocycles. The first-order chi connectivity index (χ1) is 13.4. The van der Waals surface area contributed by atoms with Crippen LogP contribution in [0.1, 0.15) is 17.0 Å². The van der Waals surface area contributed by atoms with Crippen molar-refractivity contribution in [1.82, 2.24) is 9.78 Å². The van der Waals surface area contributed by atoms with E-state index >= 15 is 0 Å². The molecule has 6 nitrogen and oxygen atoms in total. The Morgan fingerprint density at radius 1 is 1.29 bits per heavy atom. The summed E-state index contributed by atoms with van der Waals surface area (Å²) in [5.41, 5.74) is 2.82. The Bertz CT molecular complexity index is 1070. The minimum Gasteiger partial charge on any atom is -0.480 e. The van der Waals surface area contributed by atoms with Crippen LogP contribution in [0.25, 0.3) is 5.69 Å². The van der Waals surface area contributed by atoms with Crippen LogP contribution in [0.5, 0.6) is 5.75 Å². The van der Waals surface area contributed by atoms with Crippen LogP contribution in [-0.4, -0.2) is 22.3 Å². The van der Waals surface area contributed by atoms with Gasteiger partial charge in [0.15, 0.2) is 12.4 Å². The number of aryl methyl sites for hydroxylation is 1. The lowest BCUT2D eigenvalue weighted by Crippen LogP contribution is -2.20. The summed E-state index contributed by atoms with van der Waals surface area (Å²) in [5, 5.41) is 16.4. The summed E-state index contributed by atoms with van der Waals surface area (Å²) in [6.07, 6.45) is 0. The van der Waals surface area contributed by atoms with Crippen molar-refractivity contribution in [2.45, 2.75) is 13.8 Å². The number of hydrogen-bond acceptors (Lipinski definition) is 4. The van der Waals surface area contributed by atoms with E-state index in [0.717, 1.165) is 0 Å². The molecule has 0 aliphatic rings. The molecule has 1 aromatic heterocycles. The van der Waals surface area contributed by atoms with E-state index in [1.165, 1.54) is 24.3 Å². The highest BCUT2D eigenvalue weighted by Crippen LogP contribution is 2.27. The van der Waals surface area contributed by atoms with Crippen molar-refractivity contribution in [1.29, 1.82) is 5.26 Å². The van der Waals surface area contributed by atoms with Gasteiger partial charge in [0, 0.05) is 5.69 Å². The van der Waals surface area contributed by atoms with E-state index < -0.39 is 0 Å². The average Bonchev–Trinajstić information content (AvgIpc) is 2.95. The van der Waals surface area contributed by atoms with Crippen LogP contribution in [0.4, 0.5) is 10.1 Å². The maximum atomic E-state index is 12.9. The van der Waals surface area contributed by atoms with Gasteiger partial charge in [0.1, 0.15) is 17.6 Å². The molecule has 28 heavy (non-hydrogen) atoms. The van der Waals surface area contributed by atoms with Crippen molar-refractivity contribution in [2.75, 3.05) is 11.9 Å². The van der Waals surface area contributed by atoms with Gasteiger partial charge in [0.25, 0.3) is 5.91 Å². The first kappa shape index (κ1) is 19.4. The van der Waals surface area contributed by atoms with Gasteiger partial charge in [-0.2, -0.15) is 10.4 Å². The van der Waals surface area contributed by atoms with Crippen molar-refractivity contribution < 1.29 is 13.9 Å². The molecule has 0 aliphatic carbocycles. The Labute approximate surface area is 166 Å². The lowest BCUT2D eigenvalue weighted by molar-refractivity contribution is -0.118. The van der Waals surface area contributed by atoms with Crippen LogP contribution in [0.3, 0.4) is 0 Å².